The summed E-state index contributed by atoms with van der Waals surface area (Å²) in [5, 5.41) is 10.2. The van der Waals surface area contributed by atoms with E-state index in [9.17, 15) is 5.11 Å². The summed E-state index contributed by atoms with van der Waals surface area (Å²) in [6, 6.07) is 0. The highest BCUT2D eigenvalue weighted by Gasteiger charge is 2.23. The third kappa shape index (κ3) is 3.30. The van der Waals surface area contributed by atoms with Gasteiger partial charge in [0.25, 0.3) is 0 Å². The fourth-order valence-electron chi connectivity index (χ4n) is 2.43. The van der Waals surface area contributed by atoms with Crippen LogP contribution in [-0.4, -0.2) is 34.0 Å². The molecule has 1 aliphatic rings. The molecule has 1 unspecified atom stereocenters. The van der Waals surface area contributed by atoms with Crippen LogP contribution in [0.3, 0.4) is 0 Å². The third-order valence-corrected chi connectivity index (χ3v) is 3.47. The number of aliphatic hydroxyl groups excluding tert-OH is 1. The summed E-state index contributed by atoms with van der Waals surface area (Å²) in [5.74, 6) is 1.38. The largest absolute Gasteiger partial charge is 0.392 e. The standard InChI is InChI=1S/C13H22N2O2/c1-2-6-15-7-5-14-13(15)10-12(16)11-3-8-17-9-4-11/h5,7,11-12,16H,2-4,6,8-10H2,1H3. The lowest BCUT2D eigenvalue weighted by molar-refractivity contribution is 0.00741. The van der Waals surface area contributed by atoms with Crippen LogP contribution in [0.2, 0.25) is 0 Å². The molecule has 2 rings (SSSR count). The third-order valence-electron chi connectivity index (χ3n) is 3.47. The van der Waals surface area contributed by atoms with Crippen LogP contribution in [0.25, 0.3) is 0 Å². The highest BCUT2D eigenvalue weighted by atomic mass is 16.5. The van der Waals surface area contributed by atoms with Crippen molar-refractivity contribution in [2.24, 2.45) is 5.92 Å². The van der Waals surface area contributed by atoms with Gasteiger partial charge in [-0.15, -0.1) is 0 Å². The molecule has 0 aliphatic carbocycles. The zero-order valence-electron chi connectivity index (χ0n) is 10.5. The Morgan fingerprint density at radius 2 is 2.29 bits per heavy atom. The average molecular weight is 238 g/mol. The van der Waals surface area contributed by atoms with Gasteiger partial charge in [0.2, 0.25) is 0 Å². The summed E-state index contributed by atoms with van der Waals surface area (Å²) in [4.78, 5) is 4.34. The van der Waals surface area contributed by atoms with Gasteiger partial charge in [0.15, 0.2) is 0 Å². The maximum atomic E-state index is 10.2. The quantitative estimate of drug-likeness (QED) is 0.848. The maximum Gasteiger partial charge on any atom is 0.111 e. The highest BCUT2D eigenvalue weighted by molar-refractivity contribution is 4.95. The van der Waals surface area contributed by atoms with E-state index in [-0.39, 0.29) is 6.10 Å². The van der Waals surface area contributed by atoms with E-state index in [4.69, 9.17) is 4.74 Å². The topological polar surface area (TPSA) is 47.3 Å². The summed E-state index contributed by atoms with van der Waals surface area (Å²) >= 11 is 0. The molecule has 1 aromatic heterocycles. The lowest BCUT2D eigenvalue weighted by atomic mass is 9.92. The van der Waals surface area contributed by atoms with Gasteiger partial charge >= 0.3 is 0 Å². The van der Waals surface area contributed by atoms with Gasteiger partial charge in [-0.2, -0.15) is 0 Å². The molecule has 1 aromatic rings. The monoisotopic (exact) mass is 238 g/mol. The highest BCUT2D eigenvalue weighted by Crippen LogP contribution is 2.21. The van der Waals surface area contributed by atoms with Crippen LogP contribution in [0.5, 0.6) is 0 Å². The van der Waals surface area contributed by atoms with Crippen LogP contribution in [0.15, 0.2) is 12.4 Å². The van der Waals surface area contributed by atoms with Crippen molar-refractivity contribution in [2.45, 2.75) is 45.3 Å². The Balaban J connectivity index is 1.92. The first-order chi connectivity index (χ1) is 8.31. The molecule has 0 bridgehead atoms. The van der Waals surface area contributed by atoms with Crippen LogP contribution < -0.4 is 0 Å². The predicted octanol–water partition coefficient (Wildman–Crippen LogP) is 1.62. The fraction of sp³-hybridized carbons (Fsp3) is 0.769. The molecule has 1 N–H and O–H groups in total. The molecule has 1 atom stereocenters. The van der Waals surface area contributed by atoms with Crippen molar-refractivity contribution in [3.05, 3.63) is 18.2 Å². The second kappa shape index (κ2) is 6.17. The number of aliphatic hydroxyl groups is 1. The van der Waals surface area contributed by atoms with E-state index in [0.717, 1.165) is 44.8 Å². The van der Waals surface area contributed by atoms with Crippen molar-refractivity contribution in [3.8, 4) is 0 Å². The van der Waals surface area contributed by atoms with E-state index in [0.29, 0.717) is 12.3 Å². The van der Waals surface area contributed by atoms with E-state index in [2.05, 4.69) is 16.5 Å². The number of aryl methyl sites for hydroxylation is 1. The minimum atomic E-state index is -0.281. The van der Waals surface area contributed by atoms with Crippen molar-refractivity contribution in [3.63, 3.8) is 0 Å². The normalized spacial score (nSPS) is 19.4. The average Bonchev–Trinajstić information content (AvgIpc) is 2.78. The Hall–Kier alpha value is -0.870. The molecule has 4 nitrogen and oxygen atoms in total. The van der Waals surface area contributed by atoms with Crippen molar-refractivity contribution < 1.29 is 9.84 Å². The number of nitrogens with zero attached hydrogens (tertiary/aromatic N) is 2. The molecule has 0 amide bonds. The second-order valence-electron chi connectivity index (χ2n) is 4.76. The summed E-state index contributed by atoms with van der Waals surface area (Å²) < 4.78 is 7.46. The van der Waals surface area contributed by atoms with Gasteiger partial charge in [-0.1, -0.05) is 6.92 Å². The zero-order chi connectivity index (χ0) is 12.1. The minimum Gasteiger partial charge on any atom is -0.392 e. The van der Waals surface area contributed by atoms with E-state index in [1.807, 2.05) is 12.4 Å². The van der Waals surface area contributed by atoms with E-state index < -0.39 is 0 Å². The molecule has 4 heteroatoms. The predicted molar refractivity (Wildman–Crippen MR) is 65.8 cm³/mol. The lowest BCUT2D eigenvalue weighted by Gasteiger charge is -2.26. The molecule has 1 saturated heterocycles. The molecule has 0 saturated carbocycles. The Morgan fingerprint density at radius 3 is 3.00 bits per heavy atom. The molecule has 96 valence electrons. The van der Waals surface area contributed by atoms with Crippen LogP contribution in [0.1, 0.15) is 32.0 Å². The Labute approximate surface area is 103 Å². The molecule has 2 heterocycles. The zero-order valence-corrected chi connectivity index (χ0v) is 10.5. The van der Waals surface area contributed by atoms with Crippen LogP contribution in [-0.2, 0) is 17.7 Å². The van der Waals surface area contributed by atoms with E-state index in [1.54, 1.807) is 0 Å². The number of rotatable bonds is 5. The van der Waals surface area contributed by atoms with Crippen molar-refractivity contribution in [1.29, 1.82) is 0 Å². The number of hydrogen-bond acceptors (Lipinski definition) is 3. The van der Waals surface area contributed by atoms with Gasteiger partial charge in [0.05, 0.1) is 6.10 Å². The Morgan fingerprint density at radius 1 is 1.53 bits per heavy atom. The van der Waals surface area contributed by atoms with E-state index >= 15 is 0 Å². The SMILES string of the molecule is CCCn1ccnc1CC(O)C1CCOCC1. The van der Waals surface area contributed by atoms with Crippen molar-refractivity contribution in [1.82, 2.24) is 9.55 Å². The molecule has 0 spiro atoms. The van der Waals surface area contributed by atoms with Gasteiger partial charge in [0.1, 0.15) is 5.82 Å². The maximum absolute atomic E-state index is 10.2. The number of imidazole rings is 1. The van der Waals surface area contributed by atoms with Crippen LogP contribution in [0, 0.1) is 5.92 Å². The number of hydrogen-bond donors (Lipinski definition) is 1. The number of aromatic nitrogens is 2. The fourth-order valence-corrected chi connectivity index (χ4v) is 2.43. The smallest absolute Gasteiger partial charge is 0.111 e. The van der Waals surface area contributed by atoms with Crippen LogP contribution in [0.4, 0.5) is 0 Å². The lowest BCUT2D eigenvalue weighted by Crippen LogP contribution is -2.29. The first-order valence-electron chi connectivity index (χ1n) is 6.57. The summed E-state index contributed by atoms with van der Waals surface area (Å²) in [6.07, 6.45) is 7.23. The Kier molecular flexibility index (Phi) is 4.57. The molecule has 1 fully saturated rings. The number of ether oxygens (including phenoxy) is 1. The van der Waals surface area contributed by atoms with Crippen molar-refractivity contribution in [2.75, 3.05) is 13.2 Å². The Bertz CT molecular complexity index is 332. The van der Waals surface area contributed by atoms with Crippen molar-refractivity contribution >= 4 is 0 Å². The molecular formula is C13H22N2O2. The van der Waals surface area contributed by atoms with Crippen LogP contribution >= 0.6 is 0 Å². The first-order valence-corrected chi connectivity index (χ1v) is 6.57. The summed E-state index contributed by atoms with van der Waals surface area (Å²) in [5.41, 5.74) is 0. The summed E-state index contributed by atoms with van der Waals surface area (Å²) in [7, 11) is 0. The van der Waals surface area contributed by atoms with Gasteiger partial charge in [0, 0.05) is 38.6 Å². The molecular weight excluding hydrogens is 216 g/mol. The van der Waals surface area contributed by atoms with E-state index in [1.165, 1.54) is 0 Å². The van der Waals surface area contributed by atoms with Gasteiger partial charge in [-0.05, 0) is 25.2 Å². The first kappa shape index (κ1) is 12.6. The minimum absolute atomic E-state index is 0.281. The summed E-state index contributed by atoms with van der Waals surface area (Å²) in [6.45, 7) is 4.70. The molecule has 1 aliphatic heterocycles. The molecule has 0 radical (unpaired) electrons. The molecule has 0 aromatic carbocycles. The van der Waals surface area contributed by atoms with Gasteiger partial charge in [-0.3, -0.25) is 0 Å². The van der Waals surface area contributed by atoms with Gasteiger partial charge < -0.3 is 14.4 Å². The van der Waals surface area contributed by atoms with Gasteiger partial charge in [-0.25, -0.2) is 4.98 Å². The molecule has 17 heavy (non-hydrogen) atoms. The second-order valence-corrected chi connectivity index (χ2v) is 4.76.